The molecule has 162 valence electrons. The molecule has 0 aliphatic carbocycles. The number of benzene rings is 2. The topological polar surface area (TPSA) is 48.6 Å². The van der Waals surface area contributed by atoms with Gasteiger partial charge in [0, 0.05) is 56.1 Å². The van der Waals surface area contributed by atoms with Crippen LogP contribution in [0, 0.1) is 11.6 Å². The average Bonchev–Trinajstić information content (AvgIpc) is 3.28. The van der Waals surface area contributed by atoms with Crippen LogP contribution in [0.2, 0.25) is 0 Å². The maximum absolute atomic E-state index is 13.6. The number of H-pyrrole nitrogens is 1. The number of nitrogens with one attached hydrogen (secondary N) is 1. The lowest BCUT2D eigenvalue weighted by Crippen LogP contribution is -2.47. The molecule has 1 N–H and O–H groups in total. The van der Waals surface area contributed by atoms with Gasteiger partial charge in [-0.2, -0.15) is 0 Å². The van der Waals surface area contributed by atoms with Crippen LogP contribution in [-0.4, -0.2) is 52.7 Å². The van der Waals surface area contributed by atoms with Gasteiger partial charge in [-0.25, -0.2) is 13.6 Å². The van der Waals surface area contributed by atoms with Crippen molar-refractivity contribution in [3.8, 4) is 0 Å². The lowest BCUT2D eigenvalue weighted by molar-refractivity contribution is 0.00102. The van der Waals surface area contributed by atoms with Gasteiger partial charge in [-0.05, 0) is 47.9 Å². The maximum Gasteiger partial charge on any atom is 0.410 e. The quantitative estimate of drug-likeness (QED) is 0.656. The summed E-state index contributed by atoms with van der Waals surface area (Å²) >= 11 is 0. The highest BCUT2D eigenvalue weighted by molar-refractivity contribution is 5.83. The number of nitrogens with zero attached hydrogens (tertiary/aromatic N) is 2. The summed E-state index contributed by atoms with van der Waals surface area (Å²) < 4.78 is 32.8. The summed E-state index contributed by atoms with van der Waals surface area (Å²) in [5.74, 6) is -0.523. The molecule has 3 heterocycles. The van der Waals surface area contributed by atoms with Crippen LogP contribution in [0.15, 0.2) is 48.7 Å². The van der Waals surface area contributed by atoms with Gasteiger partial charge < -0.3 is 14.6 Å². The van der Waals surface area contributed by atoms with Crippen LogP contribution in [-0.2, 0) is 17.7 Å². The van der Waals surface area contributed by atoms with E-state index in [1.54, 1.807) is 23.1 Å². The van der Waals surface area contributed by atoms with Gasteiger partial charge in [0.2, 0.25) is 0 Å². The number of carbonyl (C=O) groups is 1. The molecule has 0 radical (unpaired) electrons. The van der Waals surface area contributed by atoms with Crippen LogP contribution in [0.5, 0.6) is 0 Å². The molecule has 1 amide bonds. The molecule has 0 bridgehead atoms. The first-order chi connectivity index (χ1) is 15.0. The number of ether oxygens (including phenoxy) is 1. The predicted octanol–water partition coefficient (Wildman–Crippen LogP) is 4.48. The highest BCUT2D eigenvalue weighted by atomic mass is 19.1. The maximum atomic E-state index is 13.6. The van der Waals surface area contributed by atoms with Crippen molar-refractivity contribution in [2.75, 3.05) is 26.2 Å². The smallest absolute Gasteiger partial charge is 0.410 e. The zero-order valence-corrected chi connectivity index (χ0v) is 17.2. The third kappa shape index (κ3) is 4.14. The molecule has 2 fully saturated rings. The van der Waals surface area contributed by atoms with Gasteiger partial charge in [0.05, 0.1) is 6.54 Å². The Bertz CT molecular complexity index is 1110. The molecule has 1 aromatic heterocycles. The van der Waals surface area contributed by atoms with Gasteiger partial charge >= 0.3 is 6.09 Å². The van der Waals surface area contributed by atoms with E-state index in [1.807, 2.05) is 12.3 Å². The van der Waals surface area contributed by atoms with E-state index < -0.39 is 5.60 Å². The lowest BCUT2D eigenvalue weighted by Gasteiger charge is -2.37. The Hall–Kier alpha value is -2.93. The number of aromatic nitrogens is 1. The van der Waals surface area contributed by atoms with E-state index >= 15 is 0 Å². The second kappa shape index (κ2) is 7.96. The molecule has 2 aromatic carbocycles. The van der Waals surface area contributed by atoms with Crippen molar-refractivity contribution in [1.82, 2.24) is 14.8 Å². The van der Waals surface area contributed by atoms with E-state index in [9.17, 15) is 13.6 Å². The van der Waals surface area contributed by atoms with Crippen molar-refractivity contribution in [2.24, 2.45) is 0 Å². The zero-order chi connectivity index (χ0) is 21.4. The fraction of sp³-hybridized carbons (Fsp3) is 0.375. The number of fused-ring (bicyclic) bond motifs is 1. The van der Waals surface area contributed by atoms with E-state index in [-0.39, 0.29) is 17.7 Å². The standard InChI is InChI=1S/C24H25F2N3O2/c25-19-3-1-2-17(12-19)15-29-16-24(31-23(29)30)7-10-28(11-8-24)9-6-18-14-27-22-5-4-20(26)13-21(18)22/h1-5,12-14,27H,6-11,15-16H2. The zero-order valence-electron chi connectivity index (χ0n) is 17.2. The van der Waals surface area contributed by atoms with Crippen LogP contribution in [0.3, 0.4) is 0 Å². The summed E-state index contributed by atoms with van der Waals surface area (Å²) in [6.45, 7) is 3.47. The van der Waals surface area contributed by atoms with Gasteiger partial charge in [0.25, 0.3) is 0 Å². The van der Waals surface area contributed by atoms with Gasteiger partial charge in [0.1, 0.15) is 17.2 Å². The second-order valence-corrected chi connectivity index (χ2v) is 8.63. The van der Waals surface area contributed by atoms with Gasteiger partial charge in [0.15, 0.2) is 0 Å². The molecule has 31 heavy (non-hydrogen) atoms. The Morgan fingerprint density at radius 2 is 1.87 bits per heavy atom. The van der Waals surface area contributed by atoms with E-state index in [1.165, 1.54) is 18.2 Å². The first kappa shape index (κ1) is 20.0. The minimum Gasteiger partial charge on any atom is -0.441 e. The van der Waals surface area contributed by atoms with Crippen molar-refractivity contribution >= 4 is 17.0 Å². The number of aromatic amines is 1. The average molecular weight is 425 g/mol. The molecule has 3 aromatic rings. The molecule has 2 aliphatic rings. The lowest BCUT2D eigenvalue weighted by atomic mass is 9.91. The van der Waals surface area contributed by atoms with Crippen LogP contribution in [0.25, 0.3) is 10.9 Å². The van der Waals surface area contributed by atoms with E-state index in [0.717, 1.165) is 60.9 Å². The summed E-state index contributed by atoms with van der Waals surface area (Å²) in [6.07, 6.45) is 4.03. The number of hydrogen-bond donors (Lipinski definition) is 1. The fourth-order valence-corrected chi connectivity index (χ4v) is 4.75. The van der Waals surface area contributed by atoms with E-state index in [2.05, 4.69) is 9.88 Å². The Labute approximate surface area is 179 Å². The van der Waals surface area contributed by atoms with Gasteiger partial charge in [-0.15, -0.1) is 0 Å². The number of carbonyl (C=O) groups excluding carboxylic acids is 1. The fourth-order valence-electron chi connectivity index (χ4n) is 4.75. The molecule has 2 aliphatic heterocycles. The summed E-state index contributed by atoms with van der Waals surface area (Å²) in [6, 6.07) is 11.1. The molecule has 0 saturated carbocycles. The Morgan fingerprint density at radius 3 is 2.68 bits per heavy atom. The Kier molecular flexibility index (Phi) is 5.14. The molecule has 2 saturated heterocycles. The molecular weight excluding hydrogens is 400 g/mol. The van der Waals surface area contributed by atoms with Crippen LogP contribution in [0.4, 0.5) is 13.6 Å². The molecule has 1 spiro atoms. The normalized spacial score (nSPS) is 18.8. The van der Waals surface area contributed by atoms with Crippen molar-refractivity contribution < 1.29 is 18.3 Å². The summed E-state index contributed by atoms with van der Waals surface area (Å²) in [5, 5.41) is 0.936. The third-order valence-electron chi connectivity index (χ3n) is 6.50. The SMILES string of the molecule is O=C1OC2(CCN(CCc3c[nH]c4ccc(F)cc34)CC2)CN1Cc1cccc(F)c1. The third-order valence-corrected chi connectivity index (χ3v) is 6.50. The number of hydrogen-bond acceptors (Lipinski definition) is 3. The minimum atomic E-state index is -0.454. The van der Waals surface area contributed by atoms with Crippen LogP contribution < -0.4 is 0 Å². The van der Waals surface area contributed by atoms with Crippen molar-refractivity contribution in [3.05, 3.63) is 71.4 Å². The number of halogens is 2. The van der Waals surface area contributed by atoms with Gasteiger partial charge in [-0.1, -0.05) is 12.1 Å². The summed E-state index contributed by atoms with van der Waals surface area (Å²) in [5.41, 5.74) is 2.38. The van der Waals surface area contributed by atoms with Gasteiger partial charge in [-0.3, -0.25) is 4.90 Å². The van der Waals surface area contributed by atoms with Crippen molar-refractivity contribution in [3.63, 3.8) is 0 Å². The van der Waals surface area contributed by atoms with E-state index in [4.69, 9.17) is 4.74 Å². The molecular formula is C24H25F2N3O2. The number of amides is 1. The predicted molar refractivity (Wildman–Crippen MR) is 114 cm³/mol. The van der Waals surface area contributed by atoms with E-state index in [0.29, 0.717) is 13.1 Å². The second-order valence-electron chi connectivity index (χ2n) is 8.63. The van der Waals surface area contributed by atoms with Crippen LogP contribution in [0.1, 0.15) is 24.0 Å². The minimum absolute atomic E-state index is 0.223. The van der Waals surface area contributed by atoms with Crippen molar-refractivity contribution in [1.29, 1.82) is 0 Å². The molecule has 5 nitrogen and oxygen atoms in total. The Balaban J connectivity index is 1.16. The molecule has 7 heteroatoms. The monoisotopic (exact) mass is 425 g/mol. The van der Waals surface area contributed by atoms with Crippen LogP contribution >= 0.6 is 0 Å². The molecule has 5 rings (SSSR count). The first-order valence-corrected chi connectivity index (χ1v) is 10.7. The summed E-state index contributed by atoms with van der Waals surface area (Å²) in [7, 11) is 0. The van der Waals surface area contributed by atoms with Crippen molar-refractivity contribution in [2.45, 2.75) is 31.4 Å². The number of piperidine rings is 1. The summed E-state index contributed by atoms with van der Waals surface area (Å²) in [4.78, 5) is 19.7. The highest BCUT2D eigenvalue weighted by Gasteiger charge is 2.46. The first-order valence-electron chi connectivity index (χ1n) is 10.7. The number of likely N-dealkylation sites (tertiary alicyclic amines) is 1. The molecule has 0 atom stereocenters. The number of rotatable bonds is 5. The largest absolute Gasteiger partial charge is 0.441 e. The Morgan fingerprint density at radius 1 is 1.06 bits per heavy atom. The highest BCUT2D eigenvalue weighted by Crippen LogP contribution is 2.34. The molecule has 0 unspecified atom stereocenters.